The number of aryl methyl sites for hydroxylation is 1. The predicted octanol–water partition coefficient (Wildman–Crippen LogP) is 4.32. The van der Waals surface area contributed by atoms with E-state index in [1.807, 2.05) is 0 Å². The summed E-state index contributed by atoms with van der Waals surface area (Å²) >= 11 is 1.46. The Balaban J connectivity index is 1.38. The number of thioether (sulfide) groups is 1. The Morgan fingerprint density at radius 1 is 1.00 bits per heavy atom. The minimum atomic E-state index is -0.563. The van der Waals surface area contributed by atoms with E-state index in [2.05, 4.69) is 4.98 Å². The summed E-state index contributed by atoms with van der Waals surface area (Å²) in [5, 5.41) is -0.278. The van der Waals surface area contributed by atoms with Crippen LogP contribution in [-0.4, -0.2) is 41.8 Å². The molecule has 1 amide bonds. The molecule has 174 valence electrons. The van der Waals surface area contributed by atoms with E-state index >= 15 is 0 Å². The molecule has 0 radical (unpaired) electrons. The minimum Gasteiger partial charge on any atom is -0.458 e. The van der Waals surface area contributed by atoms with Gasteiger partial charge in [-0.15, -0.1) is 11.8 Å². The van der Waals surface area contributed by atoms with Gasteiger partial charge in [0.05, 0.1) is 16.9 Å². The van der Waals surface area contributed by atoms with Crippen molar-refractivity contribution in [3.63, 3.8) is 0 Å². The molecule has 1 aliphatic heterocycles. The van der Waals surface area contributed by atoms with Crippen LogP contribution in [0.3, 0.4) is 0 Å². The number of hydrogen-bond donors (Lipinski definition) is 0. The second kappa shape index (κ2) is 10.5. The Morgan fingerprint density at radius 2 is 1.65 bits per heavy atom. The van der Waals surface area contributed by atoms with Crippen molar-refractivity contribution >= 4 is 35.3 Å². The number of rotatable bonds is 7. The number of aromatic nitrogens is 1. The summed E-state index contributed by atoms with van der Waals surface area (Å²) in [4.78, 5) is 42.5. The zero-order valence-corrected chi connectivity index (χ0v) is 19.1. The standard InChI is InChI=1S/C25H21FN2O5S/c1-16-14-19(25(31)33-13-12-32-24(30)18-8-10-27-11-9-18)4-7-21(16)28-22(29)15-34-23(28)17-2-5-20(26)6-3-17/h2-11,14,23H,12-13,15H2,1H3. The van der Waals surface area contributed by atoms with Crippen molar-refractivity contribution in [1.29, 1.82) is 0 Å². The lowest BCUT2D eigenvalue weighted by Gasteiger charge is -2.26. The van der Waals surface area contributed by atoms with Gasteiger partial charge in [-0.1, -0.05) is 12.1 Å². The third-order valence-electron chi connectivity index (χ3n) is 5.18. The Kier molecular flexibility index (Phi) is 7.22. The summed E-state index contributed by atoms with van der Waals surface area (Å²) < 4.78 is 23.6. The maximum Gasteiger partial charge on any atom is 0.338 e. The number of halogens is 1. The van der Waals surface area contributed by atoms with Crippen molar-refractivity contribution in [3.8, 4) is 0 Å². The molecule has 0 N–H and O–H groups in total. The molecule has 1 aliphatic rings. The van der Waals surface area contributed by atoms with Crippen molar-refractivity contribution in [2.45, 2.75) is 12.3 Å². The van der Waals surface area contributed by atoms with Crippen molar-refractivity contribution in [2.24, 2.45) is 0 Å². The molecule has 9 heteroatoms. The van der Waals surface area contributed by atoms with E-state index in [-0.39, 0.29) is 30.3 Å². The highest BCUT2D eigenvalue weighted by Crippen LogP contribution is 2.42. The van der Waals surface area contributed by atoms with Gasteiger partial charge in [0.25, 0.3) is 0 Å². The Hall–Kier alpha value is -3.72. The van der Waals surface area contributed by atoms with E-state index in [0.717, 1.165) is 11.1 Å². The van der Waals surface area contributed by atoms with Gasteiger partial charge >= 0.3 is 11.9 Å². The molecule has 0 aliphatic carbocycles. The highest BCUT2D eigenvalue weighted by Gasteiger charge is 2.35. The van der Waals surface area contributed by atoms with E-state index in [4.69, 9.17) is 9.47 Å². The highest BCUT2D eigenvalue weighted by molar-refractivity contribution is 8.00. The van der Waals surface area contributed by atoms with Gasteiger partial charge in [0, 0.05) is 18.1 Å². The van der Waals surface area contributed by atoms with Crippen LogP contribution in [0.25, 0.3) is 0 Å². The number of pyridine rings is 1. The van der Waals surface area contributed by atoms with Gasteiger partial charge in [0.15, 0.2) is 0 Å². The molecule has 1 atom stereocenters. The summed E-state index contributed by atoms with van der Waals surface area (Å²) in [5.74, 6) is -1.18. The predicted molar refractivity (Wildman–Crippen MR) is 125 cm³/mol. The van der Waals surface area contributed by atoms with Crippen molar-refractivity contribution in [3.05, 3.63) is 95.1 Å². The molecule has 1 fully saturated rings. The molecule has 34 heavy (non-hydrogen) atoms. The molecular weight excluding hydrogens is 459 g/mol. The fourth-order valence-corrected chi connectivity index (χ4v) is 4.70. The van der Waals surface area contributed by atoms with E-state index in [0.29, 0.717) is 22.6 Å². The SMILES string of the molecule is Cc1cc(C(=O)OCCOC(=O)c2ccncc2)ccc1N1C(=O)CSC1c1ccc(F)cc1. The van der Waals surface area contributed by atoms with Crippen molar-refractivity contribution in [1.82, 2.24) is 4.98 Å². The molecule has 0 spiro atoms. The smallest absolute Gasteiger partial charge is 0.338 e. The number of amides is 1. The second-order valence-electron chi connectivity index (χ2n) is 7.49. The zero-order chi connectivity index (χ0) is 24.1. The van der Waals surface area contributed by atoms with Crippen LogP contribution in [0, 0.1) is 12.7 Å². The Bertz CT molecular complexity index is 1200. The molecule has 3 aromatic rings. The lowest BCUT2D eigenvalue weighted by atomic mass is 10.1. The molecular formula is C25H21FN2O5S. The first-order valence-corrected chi connectivity index (χ1v) is 11.5. The molecule has 4 rings (SSSR count). The van der Waals surface area contributed by atoms with E-state index in [9.17, 15) is 18.8 Å². The van der Waals surface area contributed by atoms with Crippen molar-refractivity contribution < 1.29 is 28.2 Å². The first-order valence-electron chi connectivity index (χ1n) is 10.5. The van der Waals surface area contributed by atoms with Crippen LogP contribution in [0.4, 0.5) is 10.1 Å². The summed E-state index contributed by atoms with van der Waals surface area (Å²) in [6.45, 7) is 1.63. The molecule has 2 aromatic carbocycles. The van der Waals surface area contributed by atoms with Crippen LogP contribution in [-0.2, 0) is 14.3 Å². The summed E-state index contributed by atoms with van der Waals surface area (Å²) in [6.07, 6.45) is 2.97. The third-order valence-corrected chi connectivity index (χ3v) is 6.39. The number of nitrogens with zero attached hydrogens (tertiary/aromatic N) is 2. The third kappa shape index (κ3) is 5.26. The van der Waals surface area contributed by atoms with Crippen LogP contribution in [0.1, 0.15) is 37.2 Å². The zero-order valence-electron chi connectivity index (χ0n) is 18.3. The summed E-state index contributed by atoms with van der Waals surface area (Å²) in [6, 6.07) is 14.1. The normalized spacial score (nSPS) is 15.3. The van der Waals surface area contributed by atoms with Gasteiger partial charge < -0.3 is 9.47 Å². The minimum absolute atomic E-state index is 0.0613. The number of carbonyl (C=O) groups excluding carboxylic acids is 3. The Morgan fingerprint density at radius 3 is 2.29 bits per heavy atom. The van der Waals surface area contributed by atoms with E-state index in [1.54, 1.807) is 42.2 Å². The average Bonchev–Trinajstić information content (AvgIpc) is 3.23. The van der Waals surface area contributed by atoms with Crippen molar-refractivity contribution in [2.75, 3.05) is 23.9 Å². The first kappa shape index (κ1) is 23.4. The lowest BCUT2D eigenvalue weighted by molar-refractivity contribution is -0.115. The van der Waals surface area contributed by atoms with Gasteiger partial charge in [0.1, 0.15) is 24.4 Å². The van der Waals surface area contributed by atoms with Crippen LogP contribution in [0.5, 0.6) is 0 Å². The van der Waals surface area contributed by atoms with Gasteiger partial charge in [-0.2, -0.15) is 0 Å². The molecule has 0 saturated carbocycles. The van der Waals surface area contributed by atoms with E-state index < -0.39 is 11.9 Å². The van der Waals surface area contributed by atoms with Crippen LogP contribution in [0.15, 0.2) is 67.0 Å². The fraction of sp³-hybridized carbons (Fsp3) is 0.200. The second-order valence-corrected chi connectivity index (χ2v) is 8.56. The quantitative estimate of drug-likeness (QED) is 0.368. The number of ether oxygens (including phenoxy) is 2. The van der Waals surface area contributed by atoms with Crippen LogP contribution < -0.4 is 4.90 Å². The summed E-state index contributed by atoms with van der Waals surface area (Å²) in [7, 11) is 0. The summed E-state index contributed by atoms with van der Waals surface area (Å²) in [5.41, 5.74) is 2.90. The maximum atomic E-state index is 13.3. The molecule has 7 nitrogen and oxygen atoms in total. The Labute approximate surface area is 199 Å². The van der Waals surface area contributed by atoms with E-state index in [1.165, 1.54) is 48.4 Å². The number of carbonyl (C=O) groups is 3. The van der Waals surface area contributed by atoms with Gasteiger partial charge in [-0.3, -0.25) is 14.7 Å². The first-order chi connectivity index (χ1) is 16.4. The van der Waals surface area contributed by atoms with Crippen LogP contribution in [0.2, 0.25) is 0 Å². The molecule has 0 bridgehead atoms. The number of esters is 2. The monoisotopic (exact) mass is 480 g/mol. The number of hydrogen-bond acceptors (Lipinski definition) is 7. The fourth-order valence-electron chi connectivity index (χ4n) is 3.53. The number of anilines is 1. The largest absolute Gasteiger partial charge is 0.458 e. The molecule has 1 unspecified atom stereocenters. The van der Waals surface area contributed by atoms with Gasteiger partial charge in [-0.25, -0.2) is 14.0 Å². The van der Waals surface area contributed by atoms with Gasteiger partial charge in [0.2, 0.25) is 5.91 Å². The van der Waals surface area contributed by atoms with Crippen LogP contribution >= 0.6 is 11.8 Å². The molecule has 2 heterocycles. The molecule has 1 aromatic heterocycles. The molecule has 1 saturated heterocycles. The number of benzene rings is 2. The lowest BCUT2D eigenvalue weighted by Crippen LogP contribution is -2.28. The highest BCUT2D eigenvalue weighted by atomic mass is 32.2. The average molecular weight is 481 g/mol. The van der Waals surface area contributed by atoms with Gasteiger partial charge in [-0.05, 0) is 60.5 Å². The maximum absolute atomic E-state index is 13.3. The topological polar surface area (TPSA) is 85.8 Å².